The smallest absolute Gasteiger partial charge is 0.216 e. The fourth-order valence-corrected chi connectivity index (χ4v) is 9.85. The van der Waals surface area contributed by atoms with Gasteiger partial charge in [0.1, 0.15) is 0 Å². The predicted molar refractivity (Wildman–Crippen MR) is 155 cm³/mol. The summed E-state index contributed by atoms with van der Waals surface area (Å²) in [6.45, 7) is 5.73. The molecular formula is C25H28OS6. The second-order valence-corrected chi connectivity index (χ2v) is 11.5. The van der Waals surface area contributed by atoms with Crippen LogP contribution in [0.4, 0.5) is 0 Å². The first-order valence-electron chi connectivity index (χ1n) is 9.69. The van der Waals surface area contributed by atoms with Crippen LogP contribution in [0.3, 0.4) is 0 Å². The lowest BCUT2D eigenvalue weighted by Gasteiger charge is -2.21. The van der Waals surface area contributed by atoms with Crippen molar-refractivity contribution in [3.05, 3.63) is 60.7 Å². The molecule has 0 amide bonds. The van der Waals surface area contributed by atoms with Gasteiger partial charge in [0.25, 0.3) is 0 Å². The lowest BCUT2D eigenvalue weighted by Crippen LogP contribution is -1.97. The van der Waals surface area contributed by atoms with E-state index in [2.05, 4.69) is 87.2 Å². The monoisotopic (exact) mass is 536 g/mol. The van der Waals surface area contributed by atoms with E-state index < -0.39 is 0 Å². The molecule has 1 nitrogen and oxygen atoms in total. The van der Waals surface area contributed by atoms with Crippen molar-refractivity contribution >= 4 is 86.5 Å². The molecule has 0 bridgehead atoms. The van der Waals surface area contributed by atoms with Gasteiger partial charge < -0.3 is 0 Å². The van der Waals surface area contributed by atoms with Gasteiger partial charge in [-0.2, -0.15) is 0 Å². The van der Waals surface area contributed by atoms with Crippen LogP contribution in [-0.4, -0.2) is 36.4 Å². The Balaban J connectivity index is 0.000000273. The second kappa shape index (κ2) is 14.0. The van der Waals surface area contributed by atoms with Crippen LogP contribution in [0, 0.1) is 6.92 Å². The molecule has 0 aliphatic heterocycles. The number of hydrogen-bond acceptors (Lipinski definition) is 7. The van der Waals surface area contributed by atoms with Gasteiger partial charge in [-0.15, -0.1) is 58.8 Å². The Bertz CT molecular complexity index is 1050. The number of aryl methyl sites for hydroxylation is 1. The van der Waals surface area contributed by atoms with Crippen molar-refractivity contribution in [1.82, 2.24) is 0 Å². The number of thioether (sulfide) groups is 6. The number of rotatable bonds is 7. The Morgan fingerprint density at radius 3 is 1.56 bits per heavy atom. The van der Waals surface area contributed by atoms with Crippen LogP contribution in [0.25, 0.3) is 10.8 Å². The molecule has 0 spiro atoms. The number of hydrogen-bond donors (Lipinski definition) is 0. The molecule has 3 aromatic rings. The van der Waals surface area contributed by atoms with Crippen molar-refractivity contribution in [3.63, 3.8) is 0 Å². The highest BCUT2D eigenvalue weighted by molar-refractivity contribution is 8.15. The summed E-state index contributed by atoms with van der Waals surface area (Å²) >= 11 is 10.0. The average molecular weight is 537 g/mol. The van der Waals surface area contributed by atoms with Gasteiger partial charge in [-0.3, -0.25) is 4.79 Å². The molecule has 0 atom stereocenters. The largest absolute Gasteiger partial charge is 0.282 e. The van der Waals surface area contributed by atoms with Crippen LogP contribution < -0.4 is 0 Å². The Kier molecular flexibility index (Phi) is 12.1. The van der Waals surface area contributed by atoms with E-state index in [0.717, 1.165) is 4.90 Å². The van der Waals surface area contributed by atoms with Crippen molar-refractivity contribution in [2.75, 3.05) is 31.3 Å². The minimum absolute atomic E-state index is 0.00314. The van der Waals surface area contributed by atoms with E-state index >= 15 is 0 Å². The van der Waals surface area contributed by atoms with Crippen molar-refractivity contribution < 1.29 is 4.79 Å². The van der Waals surface area contributed by atoms with Gasteiger partial charge >= 0.3 is 0 Å². The van der Waals surface area contributed by atoms with Crippen LogP contribution in [-0.2, 0) is 4.79 Å². The van der Waals surface area contributed by atoms with Crippen molar-refractivity contribution in [3.8, 4) is 0 Å². The average Bonchev–Trinajstić information content (AvgIpc) is 2.83. The molecular weight excluding hydrogens is 509 g/mol. The van der Waals surface area contributed by atoms with E-state index in [1.807, 2.05) is 0 Å². The third-order valence-corrected chi connectivity index (χ3v) is 10.5. The molecule has 0 saturated carbocycles. The minimum atomic E-state index is -0.00314. The van der Waals surface area contributed by atoms with Crippen LogP contribution in [0.2, 0.25) is 0 Å². The fourth-order valence-electron chi connectivity index (χ4n) is 3.17. The summed E-state index contributed by atoms with van der Waals surface area (Å²) in [6.07, 6.45) is 11.8. The SMILES string of the molecule is C=CC(=O)Sc1c(SC)c(SC)c(SC)c(SC)c1SC.Cc1cccc2ccccc12. The van der Waals surface area contributed by atoms with E-state index in [-0.39, 0.29) is 5.12 Å². The molecule has 0 N–H and O–H groups in total. The molecule has 0 saturated heterocycles. The van der Waals surface area contributed by atoms with Gasteiger partial charge in [0.15, 0.2) is 0 Å². The Hall–Kier alpha value is -0.570. The molecule has 0 fully saturated rings. The molecule has 170 valence electrons. The van der Waals surface area contributed by atoms with Gasteiger partial charge in [-0.25, -0.2) is 0 Å². The molecule has 0 aromatic heterocycles. The number of carbonyl (C=O) groups excluding carboxylic acids is 1. The first-order valence-corrected chi connectivity index (χ1v) is 16.6. The fraction of sp³-hybridized carbons (Fsp3) is 0.240. The minimum Gasteiger partial charge on any atom is -0.282 e. The standard InChI is InChI=1S/C14H18OS6.C11H10/c1-7-8(15)21-14-12(19-5)10(17-3)9(16-2)11(18-4)13(14)20-6;1-9-5-4-7-10-6-2-3-8-11(9)10/h7H,1H2,2-6H3;2-8H,1H3. The van der Waals surface area contributed by atoms with Gasteiger partial charge in [-0.05, 0) is 72.4 Å². The van der Waals surface area contributed by atoms with E-state index in [4.69, 9.17) is 0 Å². The van der Waals surface area contributed by atoms with E-state index in [1.54, 1.807) is 58.8 Å². The summed E-state index contributed by atoms with van der Waals surface area (Å²) in [5.41, 5.74) is 1.35. The first-order chi connectivity index (χ1) is 15.5. The van der Waals surface area contributed by atoms with Crippen molar-refractivity contribution in [1.29, 1.82) is 0 Å². The third-order valence-electron chi connectivity index (χ3n) is 4.63. The normalized spacial score (nSPS) is 10.6. The molecule has 0 aliphatic rings. The summed E-state index contributed by atoms with van der Waals surface area (Å²) in [5, 5.41) is 2.68. The van der Waals surface area contributed by atoms with Crippen LogP contribution >= 0.6 is 70.6 Å². The quantitative estimate of drug-likeness (QED) is 0.218. The molecule has 3 aromatic carbocycles. The Labute approximate surface area is 218 Å². The zero-order chi connectivity index (χ0) is 23.7. The van der Waals surface area contributed by atoms with Crippen LogP contribution in [0.15, 0.2) is 84.5 Å². The summed E-state index contributed by atoms with van der Waals surface area (Å²) in [4.78, 5) is 19.2. The van der Waals surface area contributed by atoms with E-state index in [9.17, 15) is 4.79 Å². The summed E-state index contributed by atoms with van der Waals surface area (Å²) < 4.78 is 0. The molecule has 32 heavy (non-hydrogen) atoms. The maximum Gasteiger partial charge on any atom is 0.216 e. The highest BCUT2D eigenvalue weighted by Gasteiger charge is 2.23. The van der Waals surface area contributed by atoms with Gasteiger partial charge in [0.2, 0.25) is 5.12 Å². The third kappa shape index (κ3) is 6.51. The predicted octanol–water partition coefficient (Wildman–Crippen LogP) is 9.25. The summed E-state index contributed by atoms with van der Waals surface area (Å²) in [6, 6.07) is 14.8. The maximum absolute atomic E-state index is 11.9. The highest BCUT2D eigenvalue weighted by Crippen LogP contribution is 2.52. The van der Waals surface area contributed by atoms with Gasteiger partial charge in [0, 0.05) is 29.4 Å². The van der Waals surface area contributed by atoms with E-state index in [0.29, 0.717) is 0 Å². The summed E-state index contributed by atoms with van der Waals surface area (Å²) in [7, 11) is 0. The van der Waals surface area contributed by atoms with Crippen molar-refractivity contribution in [2.24, 2.45) is 0 Å². The van der Waals surface area contributed by atoms with Crippen molar-refractivity contribution in [2.45, 2.75) is 36.3 Å². The zero-order valence-electron chi connectivity index (χ0n) is 19.2. The first kappa shape index (κ1) is 27.7. The number of carbonyl (C=O) groups is 1. The maximum atomic E-state index is 11.9. The molecule has 3 rings (SSSR count). The number of benzene rings is 3. The number of fused-ring (bicyclic) bond motifs is 1. The molecule has 0 aliphatic carbocycles. The van der Waals surface area contributed by atoms with Gasteiger partial charge in [-0.1, -0.05) is 49.0 Å². The molecule has 7 heteroatoms. The topological polar surface area (TPSA) is 17.1 Å². The lowest BCUT2D eigenvalue weighted by molar-refractivity contribution is -0.107. The molecule has 0 radical (unpaired) electrons. The highest BCUT2D eigenvalue weighted by atomic mass is 32.2. The van der Waals surface area contributed by atoms with Gasteiger partial charge in [0.05, 0.1) is 0 Å². The van der Waals surface area contributed by atoms with Crippen LogP contribution in [0.5, 0.6) is 0 Å². The lowest BCUT2D eigenvalue weighted by atomic mass is 10.1. The van der Waals surface area contributed by atoms with E-state index in [1.165, 1.54) is 58.7 Å². The zero-order valence-corrected chi connectivity index (χ0v) is 24.1. The molecule has 0 unspecified atom stereocenters. The summed E-state index contributed by atoms with van der Waals surface area (Å²) in [5.74, 6) is 0. The molecule has 0 heterocycles. The Morgan fingerprint density at radius 2 is 1.12 bits per heavy atom. The Morgan fingerprint density at radius 1 is 0.688 bits per heavy atom. The second-order valence-electron chi connectivity index (χ2n) is 6.42. The van der Waals surface area contributed by atoms with Crippen LogP contribution in [0.1, 0.15) is 5.56 Å².